The smallest absolute Gasteiger partial charge is 0.412 e. The second-order valence-corrected chi connectivity index (χ2v) is 15.9. The number of unbranched alkanes of at least 4 members (excludes halogenated alkanes) is 2. The lowest BCUT2D eigenvalue weighted by molar-refractivity contribution is -0.384. The van der Waals surface area contributed by atoms with Crippen molar-refractivity contribution < 1.29 is 48.2 Å². The summed E-state index contributed by atoms with van der Waals surface area (Å²) in [5, 5.41) is 38.5. The normalized spacial score (nSPS) is 22.9. The number of allylic oxidation sites excluding steroid dienone is 1. The summed E-state index contributed by atoms with van der Waals surface area (Å²) in [6, 6.07) is 16.1. The molecule has 3 aromatic rings. The van der Waals surface area contributed by atoms with Gasteiger partial charge in [0.25, 0.3) is 5.69 Å². The number of nitro groups is 1. The predicted molar refractivity (Wildman–Crippen MR) is 235 cm³/mol. The van der Waals surface area contributed by atoms with Gasteiger partial charge in [-0.3, -0.25) is 14.9 Å². The van der Waals surface area contributed by atoms with E-state index in [1.165, 1.54) is 30.3 Å². The van der Waals surface area contributed by atoms with Crippen LogP contribution in [0.4, 0.5) is 14.9 Å². The van der Waals surface area contributed by atoms with E-state index in [0.717, 1.165) is 24.0 Å². The first-order valence-corrected chi connectivity index (χ1v) is 21.7. The van der Waals surface area contributed by atoms with Crippen molar-refractivity contribution >= 4 is 29.5 Å². The molecule has 2 amide bonds. The van der Waals surface area contributed by atoms with Crippen molar-refractivity contribution in [3.05, 3.63) is 130 Å². The number of aliphatic hydroxyl groups is 2. The van der Waals surface area contributed by atoms with Gasteiger partial charge in [0.05, 0.1) is 23.2 Å². The number of non-ortho nitro benzene ring substituents is 1. The highest BCUT2D eigenvalue weighted by molar-refractivity contribution is 6.03. The Bertz CT molecular complexity index is 2160. The van der Waals surface area contributed by atoms with E-state index in [1.54, 1.807) is 60.4 Å². The van der Waals surface area contributed by atoms with Crippen molar-refractivity contribution in [2.75, 3.05) is 33.0 Å². The number of nitrogens with zero attached hydrogens (tertiary/aromatic N) is 3. The molecular weight excluding hydrogens is 812 g/mol. The molecule has 0 radical (unpaired) electrons. The van der Waals surface area contributed by atoms with Gasteiger partial charge in [0.1, 0.15) is 30.0 Å². The third kappa shape index (κ3) is 10.8. The predicted octanol–water partition coefficient (Wildman–Crippen LogP) is 8.24. The molecule has 0 spiro atoms. The van der Waals surface area contributed by atoms with Crippen molar-refractivity contribution in [3.8, 4) is 11.5 Å². The Morgan fingerprint density at radius 3 is 2.44 bits per heavy atom. The fraction of sp³-hybridized carbons (Fsp3) is 0.438. The monoisotopic (exact) mass is 868 g/mol. The van der Waals surface area contributed by atoms with Gasteiger partial charge in [0.15, 0.2) is 0 Å². The lowest BCUT2D eigenvalue weighted by Crippen LogP contribution is -2.70. The summed E-state index contributed by atoms with van der Waals surface area (Å²) < 4.78 is 34.3. The maximum absolute atomic E-state index is 14.9. The van der Waals surface area contributed by atoms with E-state index < -0.39 is 40.5 Å². The molecule has 3 aliphatic rings. The zero-order valence-corrected chi connectivity index (χ0v) is 35.8. The van der Waals surface area contributed by atoms with Crippen LogP contribution in [-0.2, 0) is 20.9 Å². The molecule has 0 unspecified atom stereocenters. The minimum atomic E-state index is -1.59. The average molecular weight is 869 g/mol. The lowest BCUT2D eigenvalue weighted by atomic mass is 9.55. The molecule has 0 saturated heterocycles. The number of fused-ring (bicyclic) bond motifs is 2. The zero-order valence-electron chi connectivity index (χ0n) is 35.8. The maximum atomic E-state index is 14.9. The van der Waals surface area contributed by atoms with Crippen molar-refractivity contribution in [2.45, 2.75) is 83.1 Å². The van der Waals surface area contributed by atoms with Gasteiger partial charge in [-0.25, -0.2) is 9.18 Å². The average Bonchev–Trinajstić information content (AvgIpc) is 3.28. The largest absolute Gasteiger partial charge is 0.459 e. The topological polar surface area (TPSA) is 182 Å². The van der Waals surface area contributed by atoms with Gasteiger partial charge in [-0.05, 0) is 117 Å². The molecule has 6 rings (SSSR count). The number of halogens is 1. The van der Waals surface area contributed by atoms with E-state index in [0.29, 0.717) is 60.6 Å². The van der Waals surface area contributed by atoms with Crippen LogP contribution in [0.5, 0.6) is 11.5 Å². The summed E-state index contributed by atoms with van der Waals surface area (Å²) in [6.07, 6.45) is 10.4. The Kier molecular flexibility index (Phi) is 16.2. The van der Waals surface area contributed by atoms with Crippen molar-refractivity contribution in [3.63, 3.8) is 0 Å². The van der Waals surface area contributed by atoms with Crippen LogP contribution in [0.2, 0.25) is 0 Å². The number of carbonyl (C=O) groups is 2. The summed E-state index contributed by atoms with van der Waals surface area (Å²) in [6.45, 7) is 8.36. The van der Waals surface area contributed by atoms with Crippen LogP contribution in [0.1, 0.15) is 81.4 Å². The van der Waals surface area contributed by atoms with Crippen LogP contribution < -0.4 is 14.8 Å². The van der Waals surface area contributed by atoms with Gasteiger partial charge >= 0.3 is 6.09 Å². The van der Waals surface area contributed by atoms with Gasteiger partial charge in [0, 0.05) is 62.4 Å². The Balaban J connectivity index is 1.59. The molecule has 6 atom stereocenters. The first-order valence-electron chi connectivity index (χ1n) is 21.7. The quantitative estimate of drug-likeness (QED) is 0.0310. The summed E-state index contributed by atoms with van der Waals surface area (Å²) in [7, 11) is 0. The SMILES string of the molecule is C=CCO[C@@]12Oc3ccc(OC(=O)NCC)cc3[C@H]3[C@H](CCCCO)[C@@H](CCCCO)C=C(C(=NOCC)C[C@@H]1N(Cc1ccc(F)cc1)C(=O)C=Cc1ccc([N+](=O)[O-])cc1)[C@H]32. The van der Waals surface area contributed by atoms with Gasteiger partial charge in [-0.2, -0.15) is 0 Å². The molecule has 1 heterocycles. The van der Waals surface area contributed by atoms with Crippen LogP contribution in [0.15, 0.2) is 102 Å². The zero-order chi connectivity index (χ0) is 44.9. The number of nitro benzene ring substituents is 1. The maximum Gasteiger partial charge on any atom is 0.412 e. The minimum absolute atomic E-state index is 0.00514. The number of aliphatic hydroxyl groups excluding tert-OH is 2. The molecule has 1 saturated carbocycles. The van der Waals surface area contributed by atoms with E-state index in [1.807, 2.05) is 13.0 Å². The van der Waals surface area contributed by atoms with Gasteiger partial charge < -0.3 is 39.5 Å². The van der Waals surface area contributed by atoms with Crippen LogP contribution in [0.3, 0.4) is 0 Å². The highest BCUT2D eigenvalue weighted by Crippen LogP contribution is 2.62. The number of hydrogen-bond acceptors (Lipinski definition) is 11. The van der Waals surface area contributed by atoms with E-state index in [2.05, 4.69) is 18.0 Å². The van der Waals surface area contributed by atoms with E-state index >= 15 is 0 Å². The highest BCUT2D eigenvalue weighted by atomic mass is 19.1. The van der Waals surface area contributed by atoms with Gasteiger partial charge in [-0.15, -0.1) is 6.58 Å². The Labute approximate surface area is 367 Å². The second kappa shape index (κ2) is 21.9. The van der Waals surface area contributed by atoms with E-state index in [4.69, 9.17) is 24.2 Å². The number of rotatable bonds is 21. The van der Waals surface area contributed by atoms with Crippen molar-refractivity contribution in [1.29, 1.82) is 0 Å². The van der Waals surface area contributed by atoms with Gasteiger partial charge in [0.2, 0.25) is 11.7 Å². The summed E-state index contributed by atoms with van der Waals surface area (Å²) in [5.74, 6) is -2.79. The third-order valence-corrected chi connectivity index (χ3v) is 11.9. The molecule has 3 aromatic carbocycles. The second-order valence-electron chi connectivity index (χ2n) is 15.9. The number of hydrogen-bond donors (Lipinski definition) is 3. The molecule has 336 valence electrons. The molecule has 0 aromatic heterocycles. The molecule has 63 heavy (non-hydrogen) atoms. The highest BCUT2D eigenvalue weighted by Gasteiger charge is 2.65. The number of nitrogens with one attached hydrogen (secondary N) is 1. The summed E-state index contributed by atoms with van der Waals surface area (Å²) >= 11 is 0. The Morgan fingerprint density at radius 2 is 1.78 bits per heavy atom. The fourth-order valence-corrected chi connectivity index (χ4v) is 9.24. The number of benzene rings is 3. The van der Waals surface area contributed by atoms with E-state index in [-0.39, 0.29) is 62.8 Å². The molecule has 3 N–H and O–H groups in total. The number of oxime groups is 1. The number of amides is 2. The molecular formula is C48H57FN4O10. The molecule has 0 bridgehead atoms. The van der Waals surface area contributed by atoms with Crippen molar-refractivity contribution in [2.24, 2.45) is 22.9 Å². The minimum Gasteiger partial charge on any atom is -0.459 e. The lowest BCUT2D eigenvalue weighted by Gasteiger charge is -2.60. The molecule has 15 heteroatoms. The number of ether oxygens (including phenoxy) is 3. The van der Waals surface area contributed by atoms with Crippen LogP contribution in [-0.4, -0.2) is 82.5 Å². The Morgan fingerprint density at radius 1 is 1.05 bits per heavy atom. The van der Waals surface area contributed by atoms with Crippen LogP contribution in [0, 0.1) is 33.7 Å². The Hall–Kier alpha value is -5.90. The summed E-state index contributed by atoms with van der Waals surface area (Å²) in [4.78, 5) is 46.0. The fourth-order valence-electron chi connectivity index (χ4n) is 9.24. The van der Waals surface area contributed by atoms with Gasteiger partial charge in [-0.1, -0.05) is 42.3 Å². The van der Waals surface area contributed by atoms with E-state index in [9.17, 15) is 34.3 Å². The number of carbonyl (C=O) groups excluding carboxylic acids is 2. The third-order valence-electron chi connectivity index (χ3n) is 11.9. The molecule has 2 aliphatic carbocycles. The molecule has 14 nitrogen and oxygen atoms in total. The van der Waals surface area contributed by atoms with Crippen molar-refractivity contribution in [1.82, 2.24) is 10.2 Å². The van der Waals surface area contributed by atoms with Crippen LogP contribution >= 0.6 is 0 Å². The first kappa shape index (κ1) is 46.6. The standard InChI is InChI=1S/C48H57FN4O10/c1-4-27-60-48-43(52(31-33-13-18-35(49)19-14-33)44(56)24-17-32-15-20-36(21-16-32)53(58)59)30-41(51-61-6-3)39-28-34(11-7-9-25-54)38(12-8-10-26-55)45(46(39)48)40-29-37(22-23-42(40)63-48)62-47(57)50-5-2/h4,13-24,28-29,34,38,43,45-46,54-55H,1,5-12,25-27,30-31H2,2-3H3,(H,50,57)/t34-,38+,43-,45+,46+,48+/m0/s1. The van der Waals surface area contributed by atoms with Crippen LogP contribution in [0.25, 0.3) is 6.08 Å². The molecule has 1 fully saturated rings. The first-order chi connectivity index (χ1) is 30.6. The molecule has 1 aliphatic heterocycles. The summed E-state index contributed by atoms with van der Waals surface area (Å²) in [5.41, 5.74) is 3.30.